The van der Waals surface area contributed by atoms with Gasteiger partial charge in [0.15, 0.2) is 0 Å². The predicted octanol–water partition coefficient (Wildman–Crippen LogP) is 4.01. The SMILES string of the molecule is CCN(CC)C(=O)C1CCCN(Cc2ccc3c(c2)CN(CC#Cc2ccccc2)CCO3)C1. The lowest BCUT2D eigenvalue weighted by atomic mass is 9.95. The van der Waals surface area contributed by atoms with E-state index in [9.17, 15) is 4.79 Å². The molecule has 4 rings (SSSR count). The molecule has 34 heavy (non-hydrogen) atoms. The highest BCUT2D eigenvalue weighted by Gasteiger charge is 2.28. The average molecular weight is 460 g/mol. The monoisotopic (exact) mass is 459 g/mol. The number of fused-ring (bicyclic) bond motifs is 1. The zero-order valence-electron chi connectivity index (χ0n) is 20.6. The normalized spacial score (nSPS) is 18.7. The van der Waals surface area contributed by atoms with Crippen molar-refractivity contribution in [2.24, 2.45) is 5.92 Å². The Labute approximate surface area is 204 Å². The van der Waals surface area contributed by atoms with Crippen molar-refractivity contribution in [3.05, 3.63) is 65.2 Å². The number of rotatable bonds is 6. The molecule has 2 heterocycles. The fraction of sp³-hybridized carbons (Fsp3) is 0.483. The molecule has 0 radical (unpaired) electrons. The molecule has 1 fully saturated rings. The van der Waals surface area contributed by atoms with E-state index in [1.54, 1.807) is 0 Å². The third-order valence-electron chi connectivity index (χ3n) is 6.83. The van der Waals surface area contributed by atoms with E-state index in [-0.39, 0.29) is 5.92 Å². The molecular formula is C29H37N3O2. The first kappa shape index (κ1) is 24.3. The molecule has 2 aliphatic heterocycles. The minimum Gasteiger partial charge on any atom is -0.492 e. The van der Waals surface area contributed by atoms with Gasteiger partial charge in [-0.1, -0.05) is 36.1 Å². The van der Waals surface area contributed by atoms with Crippen LogP contribution in [-0.2, 0) is 17.9 Å². The van der Waals surface area contributed by atoms with Crippen molar-refractivity contribution in [1.82, 2.24) is 14.7 Å². The fourth-order valence-electron chi connectivity index (χ4n) is 4.96. The largest absolute Gasteiger partial charge is 0.492 e. The number of carbonyl (C=O) groups excluding carboxylic acids is 1. The van der Waals surface area contributed by atoms with Crippen LogP contribution in [0.15, 0.2) is 48.5 Å². The summed E-state index contributed by atoms with van der Waals surface area (Å²) in [6, 6.07) is 16.7. The van der Waals surface area contributed by atoms with Crippen LogP contribution >= 0.6 is 0 Å². The minimum atomic E-state index is 0.122. The van der Waals surface area contributed by atoms with Gasteiger partial charge in [-0.25, -0.2) is 0 Å². The lowest BCUT2D eigenvalue weighted by Crippen LogP contribution is -2.44. The molecule has 5 nitrogen and oxygen atoms in total. The van der Waals surface area contributed by atoms with Gasteiger partial charge in [0.1, 0.15) is 12.4 Å². The highest BCUT2D eigenvalue weighted by molar-refractivity contribution is 5.79. The summed E-state index contributed by atoms with van der Waals surface area (Å²) >= 11 is 0. The molecule has 180 valence electrons. The summed E-state index contributed by atoms with van der Waals surface area (Å²) in [4.78, 5) is 19.6. The average Bonchev–Trinajstić information content (AvgIpc) is 3.07. The number of hydrogen-bond acceptors (Lipinski definition) is 4. The van der Waals surface area contributed by atoms with Crippen molar-refractivity contribution in [1.29, 1.82) is 0 Å². The van der Waals surface area contributed by atoms with Crippen molar-refractivity contribution in [2.75, 3.05) is 45.9 Å². The third-order valence-corrected chi connectivity index (χ3v) is 6.83. The maximum absolute atomic E-state index is 12.9. The van der Waals surface area contributed by atoms with Gasteiger partial charge in [0.25, 0.3) is 0 Å². The highest BCUT2D eigenvalue weighted by atomic mass is 16.5. The Morgan fingerprint density at radius 2 is 1.91 bits per heavy atom. The van der Waals surface area contributed by atoms with Crippen LogP contribution in [0.25, 0.3) is 0 Å². The number of amides is 1. The molecule has 2 aliphatic rings. The molecular weight excluding hydrogens is 422 g/mol. The summed E-state index contributed by atoms with van der Waals surface area (Å²) in [5.41, 5.74) is 3.57. The molecule has 0 aromatic heterocycles. The first-order valence-corrected chi connectivity index (χ1v) is 12.7. The van der Waals surface area contributed by atoms with Gasteiger partial charge in [0.05, 0.1) is 12.5 Å². The third kappa shape index (κ3) is 6.40. The van der Waals surface area contributed by atoms with Crippen LogP contribution in [-0.4, -0.2) is 66.5 Å². The van der Waals surface area contributed by atoms with Gasteiger partial charge >= 0.3 is 0 Å². The number of carbonyl (C=O) groups is 1. The number of nitrogens with zero attached hydrogens (tertiary/aromatic N) is 3. The second-order valence-corrected chi connectivity index (χ2v) is 9.25. The van der Waals surface area contributed by atoms with Crippen molar-refractivity contribution in [3.8, 4) is 17.6 Å². The fourth-order valence-corrected chi connectivity index (χ4v) is 4.96. The molecule has 0 saturated carbocycles. The van der Waals surface area contributed by atoms with E-state index in [4.69, 9.17) is 4.74 Å². The molecule has 0 spiro atoms. The van der Waals surface area contributed by atoms with Gasteiger partial charge in [-0.2, -0.15) is 0 Å². The first-order chi connectivity index (χ1) is 16.7. The van der Waals surface area contributed by atoms with Crippen molar-refractivity contribution < 1.29 is 9.53 Å². The Kier molecular flexibility index (Phi) is 8.62. The van der Waals surface area contributed by atoms with Gasteiger partial charge in [-0.05, 0) is 63.1 Å². The van der Waals surface area contributed by atoms with Crippen LogP contribution in [0.1, 0.15) is 43.4 Å². The van der Waals surface area contributed by atoms with Crippen LogP contribution in [0.5, 0.6) is 5.75 Å². The highest BCUT2D eigenvalue weighted by Crippen LogP contribution is 2.26. The smallest absolute Gasteiger partial charge is 0.226 e. The molecule has 1 saturated heterocycles. The topological polar surface area (TPSA) is 36.0 Å². The van der Waals surface area contributed by atoms with Crippen molar-refractivity contribution >= 4 is 5.91 Å². The summed E-state index contributed by atoms with van der Waals surface area (Å²) in [7, 11) is 0. The number of benzene rings is 2. The van der Waals surface area contributed by atoms with Gasteiger partial charge < -0.3 is 9.64 Å². The Bertz CT molecular complexity index is 1010. The Balaban J connectivity index is 1.38. The number of piperidine rings is 1. The molecule has 1 unspecified atom stereocenters. The van der Waals surface area contributed by atoms with Gasteiger partial charge in [-0.3, -0.25) is 14.6 Å². The lowest BCUT2D eigenvalue weighted by molar-refractivity contribution is -0.137. The molecule has 0 aliphatic carbocycles. The van der Waals surface area contributed by atoms with Crippen LogP contribution in [0, 0.1) is 17.8 Å². The number of hydrogen-bond donors (Lipinski definition) is 0. The standard InChI is InChI=1S/C29H37N3O2/c1-3-32(4-2)29(33)26-13-9-17-31(22-26)21-25-14-15-28-27(20-25)23-30(18-19-34-28)16-8-12-24-10-6-5-7-11-24/h5-7,10-11,14-15,20,26H,3-4,9,13,16-19,21-23H2,1-2H3. The van der Waals surface area contributed by atoms with E-state index < -0.39 is 0 Å². The van der Waals surface area contributed by atoms with Crippen molar-refractivity contribution in [2.45, 2.75) is 39.8 Å². The van der Waals surface area contributed by atoms with E-state index in [0.717, 1.165) is 76.5 Å². The minimum absolute atomic E-state index is 0.122. The summed E-state index contributed by atoms with van der Waals surface area (Å²) in [6.07, 6.45) is 2.09. The molecule has 2 aromatic rings. The molecule has 2 aromatic carbocycles. The number of ether oxygens (including phenoxy) is 1. The van der Waals surface area contributed by atoms with Crippen LogP contribution in [0.2, 0.25) is 0 Å². The number of likely N-dealkylation sites (tertiary alicyclic amines) is 1. The van der Waals surface area contributed by atoms with Crippen LogP contribution in [0.4, 0.5) is 0 Å². The quantitative estimate of drug-likeness (QED) is 0.612. The Morgan fingerprint density at radius 1 is 1.09 bits per heavy atom. The van der Waals surface area contributed by atoms with E-state index in [0.29, 0.717) is 12.5 Å². The molecule has 1 amide bonds. The second-order valence-electron chi connectivity index (χ2n) is 9.25. The van der Waals surface area contributed by atoms with E-state index in [1.807, 2.05) is 35.2 Å². The Hall–Kier alpha value is -2.81. The maximum Gasteiger partial charge on any atom is 0.226 e. The summed E-state index contributed by atoms with van der Waals surface area (Å²) in [5.74, 6) is 8.00. The van der Waals surface area contributed by atoms with Gasteiger partial charge in [0.2, 0.25) is 5.91 Å². The van der Waals surface area contributed by atoms with E-state index in [2.05, 4.69) is 53.7 Å². The summed E-state index contributed by atoms with van der Waals surface area (Å²) < 4.78 is 6.03. The predicted molar refractivity (Wildman–Crippen MR) is 136 cm³/mol. The summed E-state index contributed by atoms with van der Waals surface area (Å²) in [5, 5.41) is 0. The zero-order valence-corrected chi connectivity index (χ0v) is 20.6. The van der Waals surface area contributed by atoms with Crippen LogP contribution in [0.3, 0.4) is 0 Å². The van der Waals surface area contributed by atoms with Gasteiger partial charge in [0, 0.05) is 50.4 Å². The van der Waals surface area contributed by atoms with Crippen LogP contribution < -0.4 is 4.74 Å². The zero-order chi connectivity index (χ0) is 23.8. The first-order valence-electron chi connectivity index (χ1n) is 12.7. The van der Waals surface area contributed by atoms with Gasteiger partial charge in [-0.15, -0.1) is 0 Å². The summed E-state index contributed by atoms with van der Waals surface area (Å²) in [6.45, 7) is 11.6. The Morgan fingerprint density at radius 3 is 2.71 bits per heavy atom. The molecule has 0 N–H and O–H groups in total. The second kappa shape index (κ2) is 12.1. The lowest BCUT2D eigenvalue weighted by Gasteiger charge is -2.34. The van der Waals surface area contributed by atoms with E-state index >= 15 is 0 Å². The molecule has 5 heteroatoms. The van der Waals surface area contributed by atoms with E-state index in [1.165, 1.54) is 11.1 Å². The van der Waals surface area contributed by atoms with Crippen molar-refractivity contribution in [3.63, 3.8) is 0 Å². The molecule has 1 atom stereocenters. The maximum atomic E-state index is 12.9. The molecule has 0 bridgehead atoms.